The number of halogens is 3. The Kier molecular flexibility index (Phi) is 4.95. The standard InChI is InChI=1S/C15H14F3NS/c16-15(17,18)20-11-14(12-7-3-1-4-8-12)19-13-9-5-2-6-10-13/h1-10,14,19H,11H2. The van der Waals surface area contributed by atoms with Crippen LogP contribution in [0.1, 0.15) is 11.6 Å². The number of para-hydroxylation sites is 1. The Bertz CT molecular complexity index is 514. The van der Waals surface area contributed by atoms with Gasteiger partial charge in [-0.3, -0.25) is 0 Å². The molecular formula is C15H14F3NS. The van der Waals surface area contributed by atoms with Crippen molar-refractivity contribution in [2.24, 2.45) is 0 Å². The molecule has 1 atom stereocenters. The normalized spacial score (nSPS) is 12.9. The van der Waals surface area contributed by atoms with Crippen molar-refractivity contribution in [1.82, 2.24) is 0 Å². The molecule has 20 heavy (non-hydrogen) atoms. The van der Waals surface area contributed by atoms with Gasteiger partial charge >= 0.3 is 5.51 Å². The Balaban J connectivity index is 2.12. The molecule has 1 nitrogen and oxygen atoms in total. The number of hydrogen-bond donors (Lipinski definition) is 1. The molecule has 5 heteroatoms. The maximum absolute atomic E-state index is 12.4. The molecule has 2 aromatic rings. The summed E-state index contributed by atoms with van der Waals surface area (Å²) < 4.78 is 37.2. The lowest BCUT2D eigenvalue weighted by molar-refractivity contribution is -0.0328. The zero-order chi connectivity index (χ0) is 14.4. The van der Waals surface area contributed by atoms with Gasteiger partial charge in [0, 0.05) is 11.4 Å². The zero-order valence-electron chi connectivity index (χ0n) is 10.6. The first kappa shape index (κ1) is 14.8. The second-order valence-electron chi connectivity index (χ2n) is 4.23. The quantitative estimate of drug-likeness (QED) is 0.824. The molecule has 2 aromatic carbocycles. The molecule has 0 spiro atoms. The van der Waals surface area contributed by atoms with Crippen LogP contribution in [-0.2, 0) is 0 Å². The number of nitrogens with one attached hydrogen (secondary N) is 1. The molecule has 1 N–H and O–H groups in total. The number of hydrogen-bond acceptors (Lipinski definition) is 2. The maximum atomic E-state index is 12.4. The van der Waals surface area contributed by atoms with Crippen molar-refractivity contribution >= 4 is 17.4 Å². The Labute approximate surface area is 120 Å². The van der Waals surface area contributed by atoms with Crippen LogP contribution in [0.15, 0.2) is 60.7 Å². The number of alkyl halides is 3. The minimum Gasteiger partial charge on any atom is -0.377 e. The van der Waals surface area contributed by atoms with Crippen LogP contribution in [0.5, 0.6) is 0 Å². The summed E-state index contributed by atoms with van der Waals surface area (Å²) in [5, 5.41) is 3.15. The van der Waals surface area contributed by atoms with Gasteiger partial charge in [0.25, 0.3) is 0 Å². The van der Waals surface area contributed by atoms with Crippen molar-refractivity contribution in [2.75, 3.05) is 11.1 Å². The van der Waals surface area contributed by atoms with Gasteiger partial charge < -0.3 is 5.32 Å². The summed E-state index contributed by atoms with van der Waals surface area (Å²) in [5.41, 5.74) is -2.57. The molecule has 0 aliphatic heterocycles. The SMILES string of the molecule is FC(F)(F)SCC(Nc1ccccc1)c1ccccc1. The molecule has 1 unspecified atom stereocenters. The lowest BCUT2D eigenvalue weighted by Gasteiger charge is -2.20. The second kappa shape index (κ2) is 6.70. The van der Waals surface area contributed by atoms with Crippen LogP contribution in [0.2, 0.25) is 0 Å². The molecule has 0 aliphatic carbocycles. The van der Waals surface area contributed by atoms with Gasteiger partial charge in [-0.1, -0.05) is 48.5 Å². The van der Waals surface area contributed by atoms with E-state index in [1.54, 1.807) is 0 Å². The van der Waals surface area contributed by atoms with Crippen molar-refractivity contribution in [2.45, 2.75) is 11.6 Å². The van der Waals surface area contributed by atoms with E-state index in [4.69, 9.17) is 0 Å². The fraction of sp³-hybridized carbons (Fsp3) is 0.200. The summed E-state index contributed by atoms with van der Waals surface area (Å²) in [6, 6.07) is 18.0. The van der Waals surface area contributed by atoms with Crippen molar-refractivity contribution in [3.63, 3.8) is 0 Å². The maximum Gasteiger partial charge on any atom is 0.441 e. The highest BCUT2D eigenvalue weighted by Gasteiger charge is 2.29. The highest BCUT2D eigenvalue weighted by Crippen LogP contribution is 2.34. The van der Waals surface area contributed by atoms with E-state index >= 15 is 0 Å². The lowest BCUT2D eigenvalue weighted by Crippen LogP contribution is -2.16. The first-order valence-corrected chi connectivity index (χ1v) is 7.10. The van der Waals surface area contributed by atoms with Crippen LogP contribution in [-0.4, -0.2) is 11.3 Å². The zero-order valence-corrected chi connectivity index (χ0v) is 11.4. The van der Waals surface area contributed by atoms with Crippen LogP contribution >= 0.6 is 11.8 Å². The Morgan fingerprint density at radius 2 is 1.45 bits per heavy atom. The highest BCUT2D eigenvalue weighted by molar-refractivity contribution is 8.00. The molecule has 0 radical (unpaired) electrons. The Hall–Kier alpha value is -1.62. The molecule has 0 saturated heterocycles. The third kappa shape index (κ3) is 4.81. The summed E-state index contributed by atoms with van der Waals surface area (Å²) in [5.74, 6) is -0.0671. The number of thioether (sulfide) groups is 1. The smallest absolute Gasteiger partial charge is 0.377 e. The fourth-order valence-corrected chi connectivity index (χ4v) is 2.45. The van der Waals surface area contributed by atoms with Gasteiger partial charge in [-0.2, -0.15) is 13.2 Å². The average molecular weight is 297 g/mol. The first-order chi connectivity index (χ1) is 9.54. The second-order valence-corrected chi connectivity index (χ2v) is 5.32. The van der Waals surface area contributed by atoms with Crippen molar-refractivity contribution < 1.29 is 13.2 Å². The average Bonchev–Trinajstić information content (AvgIpc) is 2.44. The summed E-state index contributed by atoms with van der Waals surface area (Å²) in [6.45, 7) is 0. The van der Waals surface area contributed by atoms with Gasteiger partial charge in [-0.05, 0) is 29.5 Å². The van der Waals surface area contributed by atoms with Crippen molar-refractivity contribution in [3.8, 4) is 0 Å². The third-order valence-electron chi connectivity index (χ3n) is 2.73. The largest absolute Gasteiger partial charge is 0.441 e. The molecule has 0 amide bonds. The van der Waals surface area contributed by atoms with E-state index in [1.165, 1.54) is 0 Å². The fourth-order valence-electron chi connectivity index (χ4n) is 1.82. The van der Waals surface area contributed by atoms with Gasteiger partial charge in [0.15, 0.2) is 0 Å². The molecular weight excluding hydrogens is 283 g/mol. The van der Waals surface area contributed by atoms with Crippen LogP contribution in [0.3, 0.4) is 0 Å². The molecule has 0 heterocycles. The van der Waals surface area contributed by atoms with Crippen molar-refractivity contribution in [3.05, 3.63) is 66.2 Å². The Morgan fingerprint density at radius 1 is 0.900 bits per heavy atom. The number of benzene rings is 2. The van der Waals surface area contributed by atoms with E-state index in [0.29, 0.717) is 0 Å². The molecule has 0 fully saturated rings. The van der Waals surface area contributed by atoms with E-state index in [0.717, 1.165) is 11.3 Å². The van der Waals surface area contributed by atoms with E-state index in [9.17, 15) is 13.2 Å². The van der Waals surface area contributed by atoms with Crippen LogP contribution in [0.4, 0.5) is 18.9 Å². The van der Waals surface area contributed by atoms with E-state index in [1.807, 2.05) is 60.7 Å². The number of anilines is 1. The van der Waals surface area contributed by atoms with E-state index < -0.39 is 5.51 Å². The van der Waals surface area contributed by atoms with Gasteiger partial charge in [0.1, 0.15) is 0 Å². The summed E-state index contributed by atoms with van der Waals surface area (Å²) in [4.78, 5) is 0. The lowest BCUT2D eigenvalue weighted by atomic mass is 10.1. The molecule has 106 valence electrons. The van der Waals surface area contributed by atoms with Crippen LogP contribution in [0.25, 0.3) is 0 Å². The predicted octanol–water partition coefficient (Wildman–Crippen LogP) is 5.09. The summed E-state index contributed by atoms with van der Waals surface area (Å²) in [6.07, 6.45) is 0. The molecule has 2 rings (SSSR count). The topological polar surface area (TPSA) is 12.0 Å². The highest BCUT2D eigenvalue weighted by atomic mass is 32.2. The van der Waals surface area contributed by atoms with Gasteiger partial charge in [0.05, 0.1) is 6.04 Å². The van der Waals surface area contributed by atoms with Crippen LogP contribution < -0.4 is 5.32 Å². The minimum atomic E-state index is -4.22. The molecule has 0 aliphatic rings. The number of rotatable bonds is 5. The third-order valence-corrected chi connectivity index (χ3v) is 3.56. The molecule has 0 bridgehead atoms. The molecule has 0 saturated carbocycles. The van der Waals surface area contributed by atoms with Gasteiger partial charge in [-0.15, -0.1) is 0 Å². The van der Waals surface area contributed by atoms with E-state index in [2.05, 4.69) is 5.32 Å². The Morgan fingerprint density at radius 3 is 2.00 bits per heavy atom. The van der Waals surface area contributed by atoms with E-state index in [-0.39, 0.29) is 23.6 Å². The van der Waals surface area contributed by atoms with Crippen molar-refractivity contribution in [1.29, 1.82) is 0 Å². The van der Waals surface area contributed by atoms with Crippen LogP contribution in [0, 0.1) is 0 Å². The molecule has 0 aromatic heterocycles. The minimum absolute atomic E-state index is 0.00674. The summed E-state index contributed by atoms with van der Waals surface area (Å²) >= 11 is -0.00674. The monoisotopic (exact) mass is 297 g/mol. The van der Waals surface area contributed by atoms with Gasteiger partial charge in [-0.25, -0.2) is 0 Å². The van der Waals surface area contributed by atoms with Gasteiger partial charge in [0.2, 0.25) is 0 Å². The summed E-state index contributed by atoms with van der Waals surface area (Å²) in [7, 11) is 0. The predicted molar refractivity (Wildman–Crippen MR) is 77.8 cm³/mol. The first-order valence-electron chi connectivity index (χ1n) is 6.12.